The first-order valence-electron chi connectivity index (χ1n) is 8.57. The minimum absolute atomic E-state index is 0.171. The van der Waals surface area contributed by atoms with Crippen LogP contribution in [0.15, 0.2) is 76.5 Å². The molecule has 0 N–H and O–H groups in total. The Balaban J connectivity index is 1.66. The first kappa shape index (κ1) is 17.2. The summed E-state index contributed by atoms with van der Waals surface area (Å²) in [6, 6.07) is 18.4. The van der Waals surface area contributed by atoms with Crippen molar-refractivity contribution in [3.05, 3.63) is 91.8 Å². The molecule has 1 fully saturated rings. The zero-order chi connectivity index (χ0) is 17.8. The Morgan fingerprint density at radius 2 is 1.58 bits per heavy atom. The van der Waals surface area contributed by atoms with Gasteiger partial charge in [-0.05, 0) is 40.6 Å². The van der Waals surface area contributed by atoms with Crippen LogP contribution in [0.1, 0.15) is 15.3 Å². The second-order valence-corrected chi connectivity index (χ2v) is 8.33. The monoisotopic (exact) mass is 377 g/mol. The van der Waals surface area contributed by atoms with E-state index in [2.05, 4.69) is 28.5 Å². The summed E-state index contributed by atoms with van der Waals surface area (Å²) in [4.78, 5) is 17.9. The van der Waals surface area contributed by atoms with Crippen LogP contribution in [-0.2, 0) is 11.3 Å². The lowest BCUT2D eigenvalue weighted by Gasteiger charge is -2.29. The first-order chi connectivity index (χ1) is 12.8. The van der Waals surface area contributed by atoms with Crippen molar-refractivity contribution in [1.29, 1.82) is 0 Å². The van der Waals surface area contributed by atoms with E-state index >= 15 is 0 Å². The van der Waals surface area contributed by atoms with Gasteiger partial charge in [0.2, 0.25) is 0 Å². The number of benzene rings is 1. The third kappa shape index (κ3) is 4.10. The predicted octanol–water partition coefficient (Wildman–Crippen LogP) is 5.36. The minimum atomic E-state index is 0.171. The Morgan fingerprint density at radius 1 is 0.846 bits per heavy atom. The van der Waals surface area contributed by atoms with E-state index in [0.717, 1.165) is 28.1 Å². The van der Waals surface area contributed by atoms with Gasteiger partial charge in [-0.2, -0.15) is 0 Å². The Labute approximate surface area is 161 Å². The van der Waals surface area contributed by atoms with Gasteiger partial charge in [-0.3, -0.25) is 9.69 Å². The van der Waals surface area contributed by atoms with Gasteiger partial charge in [-0.25, -0.2) is 0 Å². The average molecular weight is 378 g/mol. The van der Waals surface area contributed by atoms with Crippen LogP contribution in [0.2, 0.25) is 0 Å². The predicted molar refractivity (Wildman–Crippen MR) is 111 cm³/mol. The Kier molecular flexibility index (Phi) is 5.25. The third-order valence-electron chi connectivity index (χ3n) is 4.33. The van der Waals surface area contributed by atoms with Crippen molar-refractivity contribution in [2.75, 3.05) is 13.1 Å². The van der Waals surface area contributed by atoms with Crippen molar-refractivity contribution in [3.8, 4) is 0 Å². The lowest BCUT2D eigenvalue weighted by molar-refractivity contribution is -0.113. The number of ketones is 1. The second kappa shape index (κ2) is 7.96. The molecule has 0 saturated carbocycles. The molecule has 3 aromatic rings. The minimum Gasteiger partial charge on any atom is -0.289 e. The van der Waals surface area contributed by atoms with Crippen molar-refractivity contribution >= 4 is 40.6 Å². The molecule has 0 radical (unpaired) electrons. The fourth-order valence-corrected chi connectivity index (χ4v) is 4.57. The fraction of sp³-hybridized carbons (Fsp3) is 0.136. The van der Waals surface area contributed by atoms with E-state index < -0.39 is 0 Å². The van der Waals surface area contributed by atoms with Gasteiger partial charge in [0.25, 0.3) is 0 Å². The van der Waals surface area contributed by atoms with Crippen LogP contribution in [0.25, 0.3) is 12.2 Å². The molecule has 3 heterocycles. The van der Waals surface area contributed by atoms with E-state index in [-0.39, 0.29) is 5.78 Å². The normalized spacial score (nSPS) is 18.7. The molecule has 1 aliphatic heterocycles. The van der Waals surface area contributed by atoms with Crippen LogP contribution in [0.5, 0.6) is 0 Å². The van der Waals surface area contributed by atoms with Gasteiger partial charge in [0.1, 0.15) is 0 Å². The van der Waals surface area contributed by atoms with E-state index in [9.17, 15) is 4.79 Å². The van der Waals surface area contributed by atoms with Gasteiger partial charge in [0.15, 0.2) is 5.78 Å². The number of piperidine rings is 1. The van der Waals surface area contributed by atoms with E-state index in [1.165, 1.54) is 4.88 Å². The summed E-state index contributed by atoms with van der Waals surface area (Å²) < 4.78 is 0. The fourth-order valence-electron chi connectivity index (χ4n) is 3.14. The molecule has 0 atom stereocenters. The molecule has 0 spiro atoms. The largest absolute Gasteiger partial charge is 0.289 e. The molecular formula is C22H19NOS2. The zero-order valence-corrected chi connectivity index (χ0v) is 15.9. The highest BCUT2D eigenvalue weighted by Crippen LogP contribution is 2.25. The van der Waals surface area contributed by atoms with Crippen molar-refractivity contribution in [3.63, 3.8) is 0 Å². The number of nitrogens with zero attached hydrogens (tertiary/aromatic N) is 1. The molecule has 26 heavy (non-hydrogen) atoms. The number of rotatable bonds is 4. The van der Waals surface area contributed by atoms with Crippen LogP contribution >= 0.6 is 22.7 Å². The van der Waals surface area contributed by atoms with Crippen LogP contribution in [0.3, 0.4) is 0 Å². The molecule has 0 aliphatic carbocycles. The van der Waals surface area contributed by atoms with Crippen LogP contribution in [0.4, 0.5) is 0 Å². The van der Waals surface area contributed by atoms with Gasteiger partial charge in [-0.1, -0.05) is 42.5 Å². The molecule has 1 aliphatic rings. The van der Waals surface area contributed by atoms with E-state index in [1.807, 2.05) is 53.9 Å². The summed E-state index contributed by atoms with van der Waals surface area (Å²) in [5.41, 5.74) is 2.81. The van der Waals surface area contributed by atoms with Gasteiger partial charge in [0.05, 0.1) is 0 Å². The summed E-state index contributed by atoms with van der Waals surface area (Å²) >= 11 is 3.43. The lowest BCUT2D eigenvalue weighted by atomic mass is 9.95. The molecular weight excluding hydrogens is 358 g/mol. The summed E-state index contributed by atoms with van der Waals surface area (Å²) in [6.45, 7) is 2.26. The van der Waals surface area contributed by atoms with Crippen LogP contribution in [0, 0.1) is 0 Å². The summed E-state index contributed by atoms with van der Waals surface area (Å²) in [5.74, 6) is 0.171. The van der Waals surface area contributed by atoms with Crippen molar-refractivity contribution in [2.24, 2.45) is 0 Å². The third-order valence-corrected chi connectivity index (χ3v) is 6.01. The summed E-state index contributed by atoms with van der Waals surface area (Å²) in [5, 5.41) is 4.15. The molecule has 4 rings (SSSR count). The lowest BCUT2D eigenvalue weighted by Crippen LogP contribution is -2.37. The first-order valence-corrected chi connectivity index (χ1v) is 10.3. The number of Topliss-reactive ketones (excluding diaryl/α,β-unsaturated/α-hetero) is 1. The van der Waals surface area contributed by atoms with E-state index in [1.54, 1.807) is 22.7 Å². The molecule has 0 bridgehead atoms. The van der Waals surface area contributed by atoms with E-state index in [0.29, 0.717) is 13.1 Å². The number of hydrogen-bond donors (Lipinski definition) is 0. The van der Waals surface area contributed by atoms with Gasteiger partial charge >= 0.3 is 0 Å². The van der Waals surface area contributed by atoms with Crippen LogP contribution in [-0.4, -0.2) is 23.8 Å². The summed E-state index contributed by atoms with van der Waals surface area (Å²) in [7, 11) is 0. The number of hydrogen-bond acceptors (Lipinski definition) is 4. The molecule has 130 valence electrons. The van der Waals surface area contributed by atoms with E-state index in [4.69, 9.17) is 0 Å². The highest BCUT2D eigenvalue weighted by atomic mass is 32.1. The second-order valence-electron chi connectivity index (χ2n) is 6.32. The maximum Gasteiger partial charge on any atom is 0.187 e. The molecule has 4 heteroatoms. The zero-order valence-electron chi connectivity index (χ0n) is 14.3. The standard InChI is InChI=1S/C22H19NOS2/c24-22-18(12-17-6-2-1-3-7-17)14-23(16-21-9-5-11-26-21)15-19(22)13-20-8-4-10-25-20/h1-13H,14-16H2/b18-12-,19-13+. The smallest absolute Gasteiger partial charge is 0.187 e. The Bertz CT molecular complexity index is 922. The van der Waals surface area contributed by atoms with Crippen molar-refractivity contribution in [1.82, 2.24) is 4.90 Å². The SMILES string of the molecule is O=C1/C(=C\c2ccccc2)CN(Cc2cccs2)C/C1=C\c1cccs1. The molecule has 2 aromatic heterocycles. The Hall–Kier alpha value is -2.27. The van der Waals surface area contributed by atoms with Gasteiger partial charge < -0.3 is 0 Å². The van der Waals surface area contributed by atoms with Crippen molar-refractivity contribution in [2.45, 2.75) is 6.54 Å². The number of thiophene rings is 2. The highest BCUT2D eigenvalue weighted by molar-refractivity contribution is 7.10. The Morgan fingerprint density at radius 3 is 2.27 bits per heavy atom. The summed E-state index contributed by atoms with van der Waals surface area (Å²) in [6.07, 6.45) is 4.08. The average Bonchev–Trinajstić information content (AvgIpc) is 3.34. The highest BCUT2D eigenvalue weighted by Gasteiger charge is 2.26. The molecule has 0 amide bonds. The van der Waals surface area contributed by atoms with Gasteiger partial charge in [0, 0.05) is 40.5 Å². The molecule has 1 aromatic carbocycles. The topological polar surface area (TPSA) is 20.3 Å². The maximum absolute atomic E-state index is 13.0. The quantitative estimate of drug-likeness (QED) is 0.570. The van der Waals surface area contributed by atoms with Crippen molar-refractivity contribution < 1.29 is 4.79 Å². The molecule has 2 nitrogen and oxygen atoms in total. The number of likely N-dealkylation sites (tertiary alicyclic amines) is 1. The van der Waals surface area contributed by atoms with Crippen LogP contribution < -0.4 is 0 Å². The number of carbonyl (C=O) groups excluding carboxylic acids is 1. The molecule has 0 unspecified atom stereocenters. The molecule has 1 saturated heterocycles. The van der Waals surface area contributed by atoms with Gasteiger partial charge in [-0.15, -0.1) is 22.7 Å². The number of carbonyl (C=O) groups is 1. The maximum atomic E-state index is 13.0.